The molecule has 0 aliphatic carbocycles. The molecule has 1 aromatic heterocycles. The minimum absolute atomic E-state index is 0.143. The van der Waals surface area contributed by atoms with E-state index in [4.69, 9.17) is 14.0 Å². The molecule has 0 saturated carbocycles. The fourth-order valence-corrected chi connectivity index (χ4v) is 2.56. The molecular formula is C20H30BFN2O4. The number of nitrogens with one attached hydrogen (secondary N) is 1. The van der Waals surface area contributed by atoms with E-state index in [0.717, 1.165) is 6.20 Å². The van der Waals surface area contributed by atoms with Crippen LogP contribution < -0.4 is 5.32 Å². The third-order valence-corrected chi connectivity index (χ3v) is 4.80. The van der Waals surface area contributed by atoms with E-state index in [1.54, 1.807) is 33.8 Å². The molecule has 8 heteroatoms. The van der Waals surface area contributed by atoms with Gasteiger partial charge in [-0.2, -0.15) is 0 Å². The van der Waals surface area contributed by atoms with Crippen molar-refractivity contribution in [2.45, 2.75) is 72.2 Å². The van der Waals surface area contributed by atoms with Crippen molar-refractivity contribution in [1.29, 1.82) is 0 Å². The highest BCUT2D eigenvalue weighted by Crippen LogP contribution is 2.38. The first-order chi connectivity index (χ1) is 12.7. The monoisotopic (exact) mass is 392 g/mol. The average Bonchev–Trinajstić information content (AvgIpc) is 2.71. The third-order valence-electron chi connectivity index (χ3n) is 4.80. The smallest absolute Gasteiger partial charge is 0.444 e. The van der Waals surface area contributed by atoms with Crippen LogP contribution in [0.3, 0.4) is 0 Å². The number of hydrogen-bond donors (Lipinski definition) is 1. The van der Waals surface area contributed by atoms with Crippen molar-refractivity contribution in [1.82, 2.24) is 10.3 Å². The minimum atomic E-state index is -0.675. The molecule has 1 aliphatic heterocycles. The van der Waals surface area contributed by atoms with Gasteiger partial charge in [0.15, 0.2) is 0 Å². The molecule has 6 nitrogen and oxygen atoms in total. The van der Waals surface area contributed by atoms with Gasteiger partial charge in [0, 0.05) is 6.54 Å². The Labute approximate surface area is 167 Å². The molecule has 2 rings (SSSR count). The van der Waals surface area contributed by atoms with Crippen LogP contribution in [0.4, 0.5) is 9.18 Å². The summed E-state index contributed by atoms with van der Waals surface area (Å²) in [5.41, 5.74) is 0.241. The molecule has 1 aromatic rings. The van der Waals surface area contributed by atoms with Crippen molar-refractivity contribution < 1.29 is 23.2 Å². The average molecular weight is 392 g/mol. The fourth-order valence-electron chi connectivity index (χ4n) is 2.56. The molecular weight excluding hydrogens is 362 g/mol. The molecule has 2 heterocycles. The number of rotatable bonds is 4. The van der Waals surface area contributed by atoms with Crippen LogP contribution in [-0.2, 0) is 14.0 Å². The van der Waals surface area contributed by atoms with Gasteiger partial charge >= 0.3 is 13.2 Å². The van der Waals surface area contributed by atoms with Crippen molar-refractivity contribution in [2.24, 2.45) is 0 Å². The highest BCUT2D eigenvalue weighted by atomic mass is 19.1. The second kappa shape index (κ2) is 7.83. The predicted octanol–water partition coefficient (Wildman–Crippen LogP) is 4.07. The zero-order valence-corrected chi connectivity index (χ0v) is 18.0. The molecule has 1 amide bonds. The summed E-state index contributed by atoms with van der Waals surface area (Å²) in [7, 11) is -0.675. The Morgan fingerprint density at radius 2 is 1.86 bits per heavy atom. The van der Waals surface area contributed by atoms with Gasteiger partial charge in [-0.1, -0.05) is 0 Å². The summed E-state index contributed by atoms with van der Waals surface area (Å²) >= 11 is 0. The number of alkyl carbamates (subject to hydrolysis) is 1. The van der Waals surface area contributed by atoms with Crippen molar-refractivity contribution in [3.8, 4) is 0 Å². The summed E-state index contributed by atoms with van der Waals surface area (Å²) < 4.78 is 30.9. The number of hydrogen-bond acceptors (Lipinski definition) is 5. The van der Waals surface area contributed by atoms with Gasteiger partial charge in [0.2, 0.25) is 0 Å². The van der Waals surface area contributed by atoms with Gasteiger partial charge in [-0.15, -0.1) is 0 Å². The van der Waals surface area contributed by atoms with E-state index in [1.165, 1.54) is 6.07 Å². The second-order valence-corrected chi connectivity index (χ2v) is 9.02. The van der Waals surface area contributed by atoms with E-state index in [0.29, 0.717) is 16.7 Å². The van der Waals surface area contributed by atoms with E-state index in [1.807, 2.05) is 27.7 Å². The molecule has 1 aliphatic rings. The van der Waals surface area contributed by atoms with Crippen molar-refractivity contribution in [3.63, 3.8) is 0 Å². The highest BCUT2D eigenvalue weighted by molar-refractivity contribution is 6.56. The van der Waals surface area contributed by atoms with Crippen molar-refractivity contribution in [2.75, 3.05) is 6.54 Å². The predicted molar refractivity (Wildman–Crippen MR) is 107 cm³/mol. The largest absolute Gasteiger partial charge is 0.492 e. The van der Waals surface area contributed by atoms with Gasteiger partial charge in [0.1, 0.15) is 11.4 Å². The maximum absolute atomic E-state index is 13.4. The number of pyridine rings is 1. The number of aromatic nitrogens is 1. The number of amides is 1. The van der Waals surface area contributed by atoms with E-state index >= 15 is 0 Å². The topological polar surface area (TPSA) is 69.7 Å². The standard InChI is InChI=1S/C20H30BFN2O4/c1-13-9-15(22)12-23-16(13)10-14(11-24-17(25)26-18(2,3)4)21-27-19(5,6)20(7,8)28-21/h9-10,12H,11H2,1-8H3,(H,24,25). The molecule has 0 atom stereocenters. The molecule has 0 unspecified atom stereocenters. The van der Waals surface area contributed by atoms with Gasteiger partial charge in [-0.3, -0.25) is 4.98 Å². The van der Waals surface area contributed by atoms with Crippen LogP contribution in [0.1, 0.15) is 59.7 Å². The Morgan fingerprint density at radius 3 is 2.36 bits per heavy atom. The molecule has 1 N–H and O–H groups in total. The Hall–Kier alpha value is -1.93. The van der Waals surface area contributed by atoms with Crippen molar-refractivity contribution >= 4 is 19.3 Å². The number of aryl methyl sites for hydroxylation is 1. The van der Waals surface area contributed by atoms with Gasteiger partial charge in [0.05, 0.1) is 23.1 Å². The maximum atomic E-state index is 13.4. The van der Waals surface area contributed by atoms with Crippen LogP contribution in [0.25, 0.3) is 6.08 Å². The summed E-state index contributed by atoms with van der Waals surface area (Å²) in [6.07, 6.45) is 2.37. The summed E-state index contributed by atoms with van der Waals surface area (Å²) in [4.78, 5) is 16.2. The van der Waals surface area contributed by atoms with E-state index < -0.39 is 35.8 Å². The lowest BCUT2D eigenvalue weighted by molar-refractivity contribution is 0.00578. The Bertz CT molecular complexity index is 756. The summed E-state index contributed by atoms with van der Waals surface area (Å²) in [5, 5.41) is 2.73. The number of ether oxygens (including phenoxy) is 1. The number of nitrogens with zero attached hydrogens (tertiary/aromatic N) is 1. The Morgan fingerprint density at radius 1 is 1.29 bits per heavy atom. The van der Waals surface area contributed by atoms with Gasteiger partial charge < -0.3 is 19.4 Å². The third kappa shape index (κ3) is 5.55. The normalized spacial score (nSPS) is 18.9. The molecule has 0 aromatic carbocycles. The number of carbonyl (C=O) groups excluding carboxylic acids is 1. The van der Waals surface area contributed by atoms with E-state index in [-0.39, 0.29) is 6.54 Å². The van der Waals surface area contributed by atoms with Crippen LogP contribution in [-0.4, -0.2) is 41.5 Å². The van der Waals surface area contributed by atoms with Crippen LogP contribution >= 0.6 is 0 Å². The van der Waals surface area contributed by atoms with Gasteiger partial charge in [0.25, 0.3) is 0 Å². The quantitative estimate of drug-likeness (QED) is 0.783. The van der Waals surface area contributed by atoms with Gasteiger partial charge in [-0.05, 0) is 78.6 Å². The fraction of sp³-hybridized carbons (Fsp3) is 0.600. The van der Waals surface area contributed by atoms with Crippen LogP contribution in [0, 0.1) is 12.7 Å². The number of halogens is 1. The second-order valence-electron chi connectivity index (χ2n) is 9.02. The molecule has 154 valence electrons. The molecule has 0 spiro atoms. The van der Waals surface area contributed by atoms with Crippen LogP contribution in [0.2, 0.25) is 0 Å². The zero-order valence-electron chi connectivity index (χ0n) is 18.0. The number of carbonyl (C=O) groups is 1. The SMILES string of the molecule is Cc1cc(F)cnc1C=C(CNC(=O)OC(C)(C)C)B1OC(C)(C)C(C)(C)O1. The molecule has 28 heavy (non-hydrogen) atoms. The van der Waals surface area contributed by atoms with Crippen LogP contribution in [0.5, 0.6) is 0 Å². The Balaban J connectivity index is 2.28. The lowest BCUT2D eigenvalue weighted by Crippen LogP contribution is -2.41. The van der Waals surface area contributed by atoms with Crippen LogP contribution in [0.15, 0.2) is 17.7 Å². The zero-order chi connectivity index (χ0) is 21.3. The van der Waals surface area contributed by atoms with Crippen molar-refractivity contribution in [3.05, 3.63) is 34.8 Å². The van der Waals surface area contributed by atoms with E-state index in [2.05, 4.69) is 10.3 Å². The van der Waals surface area contributed by atoms with Gasteiger partial charge in [-0.25, -0.2) is 9.18 Å². The molecule has 1 fully saturated rings. The lowest BCUT2D eigenvalue weighted by Gasteiger charge is -2.32. The minimum Gasteiger partial charge on any atom is -0.444 e. The summed E-state index contributed by atoms with van der Waals surface area (Å²) in [5.74, 6) is -0.404. The Kier molecular flexibility index (Phi) is 6.26. The molecule has 1 saturated heterocycles. The highest BCUT2D eigenvalue weighted by Gasteiger charge is 2.52. The molecule has 0 bridgehead atoms. The lowest BCUT2D eigenvalue weighted by atomic mass is 9.77. The molecule has 0 radical (unpaired) electrons. The summed E-state index contributed by atoms with van der Waals surface area (Å²) in [6.45, 7) is 15.1. The maximum Gasteiger partial charge on any atom is 0.492 e. The first-order valence-corrected chi connectivity index (χ1v) is 9.35. The first-order valence-electron chi connectivity index (χ1n) is 9.35. The van der Waals surface area contributed by atoms with E-state index in [9.17, 15) is 9.18 Å². The first kappa shape index (κ1) is 22.4. The summed E-state index contributed by atoms with van der Waals surface area (Å²) in [6, 6.07) is 1.40.